The molecule has 5 heteroatoms. The molecule has 0 fully saturated rings. The van der Waals surface area contributed by atoms with Crippen molar-refractivity contribution in [1.82, 2.24) is 9.97 Å². The molecule has 5 nitrogen and oxygen atoms in total. The summed E-state index contributed by atoms with van der Waals surface area (Å²) < 4.78 is 5.52. The predicted octanol–water partition coefficient (Wildman–Crippen LogP) is 2.80. The van der Waals surface area contributed by atoms with Gasteiger partial charge in [0, 0.05) is 0 Å². The van der Waals surface area contributed by atoms with E-state index in [2.05, 4.69) is 21.4 Å². The second kappa shape index (κ2) is 5.83. The number of aryl methyl sites for hydroxylation is 1. The van der Waals surface area contributed by atoms with Crippen molar-refractivity contribution in [3.63, 3.8) is 0 Å². The molecule has 0 unspecified atom stereocenters. The third-order valence-corrected chi connectivity index (χ3v) is 2.47. The number of rotatable bonds is 4. The molecule has 0 saturated carbocycles. The molecule has 2 aromatic rings. The van der Waals surface area contributed by atoms with Gasteiger partial charge in [-0.25, -0.2) is 9.97 Å². The Hall–Kier alpha value is -2.61. The van der Waals surface area contributed by atoms with Crippen LogP contribution in [0.2, 0.25) is 0 Å². The molecule has 1 aromatic heterocycles. The summed E-state index contributed by atoms with van der Waals surface area (Å²) in [6, 6.07) is 9.60. The smallest absolute Gasteiger partial charge is 0.152 e. The van der Waals surface area contributed by atoms with Crippen LogP contribution < -0.4 is 10.1 Å². The molecule has 0 radical (unpaired) electrons. The van der Waals surface area contributed by atoms with Crippen LogP contribution in [-0.4, -0.2) is 16.6 Å². The molecule has 1 heterocycles. The molecule has 2 rings (SSSR count). The van der Waals surface area contributed by atoms with Gasteiger partial charge in [0.2, 0.25) is 0 Å². The number of hydrogen-bond donors (Lipinski definition) is 1. The van der Waals surface area contributed by atoms with E-state index in [9.17, 15) is 0 Å². The lowest BCUT2D eigenvalue weighted by molar-refractivity contribution is 0.342. The first kappa shape index (κ1) is 12.8. The Morgan fingerprint density at radius 3 is 2.89 bits per heavy atom. The Morgan fingerprint density at radius 1 is 1.37 bits per heavy atom. The van der Waals surface area contributed by atoms with Gasteiger partial charge in [-0.2, -0.15) is 5.26 Å². The van der Waals surface area contributed by atoms with Gasteiger partial charge >= 0.3 is 0 Å². The summed E-state index contributed by atoms with van der Waals surface area (Å²) in [7, 11) is 0. The van der Waals surface area contributed by atoms with Crippen LogP contribution in [0, 0.1) is 18.3 Å². The van der Waals surface area contributed by atoms with Crippen LogP contribution in [0.25, 0.3) is 0 Å². The van der Waals surface area contributed by atoms with E-state index in [4.69, 9.17) is 10.00 Å². The van der Waals surface area contributed by atoms with Crippen molar-refractivity contribution in [1.29, 1.82) is 5.26 Å². The lowest BCUT2D eigenvalue weighted by atomic mass is 10.2. The molecule has 0 aliphatic rings. The SMILES string of the molecule is CCOc1ccccc1Nc1nc(C)ncc1C#N. The highest BCUT2D eigenvalue weighted by Gasteiger charge is 2.08. The highest BCUT2D eigenvalue weighted by Crippen LogP contribution is 2.27. The zero-order chi connectivity index (χ0) is 13.7. The highest BCUT2D eigenvalue weighted by atomic mass is 16.5. The van der Waals surface area contributed by atoms with Crippen LogP contribution in [0.5, 0.6) is 5.75 Å². The van der Waals surface area contributed by atoms with Gasteiger partial charge in [-0.1, -0.05) is 12.1 Å². The van der Waals surface area contributed by atoms with Gasteiger partial charge in [0.25, 0.3) is 0 Å². The molecule has 0 aliphatic heterocycles. The zero-order valence-corrected chi connectivity index (χ0v) is 10.8. The molecule has 0 spiro atoms. The number of aromatic nitrogens is 2. The number of hydrogen-bond acceptors (Lipinski definition) is 5. The molecule has 1 aromatic carbocycles. The minimum Gasteiger partial charge on any atom is -0.492 e. The minimum atomic E-state index is 0.400. The molecule has 0 bridgehead atoms. The second-order valence-electron chi connectivity index (χ2n) is 3.85. The average Bonchev–Trinajstić information content (AvgIpc) is 2.42. The van der Waals surface area contributed by atoms with Crippen LogP contribution in [0.4, 0.5) is 11.5 Å². The predicted molar refractivity (Wildman–Crippen MR) is 72.4 cm³/mol. The topological polar surface area (TPSA) is 70.8 Å². The Kier molecular flexibility index (Phi) is 3.94. The number of para-hydroxylation sites is 2. The van der Waals surface area contributed by atoms with Gasteiger partial charge in [0.05, 0.1) is 18.5 Å². The summed E-state index contributed by atoms with van der Waals surface area (Å²) in [5.41, 5.74) is 1.18. The minimum absolute atomic E-state index is 0.400. The Labute approximate surface area is 111 Å². The van der Waals surface area contributed by atoms with Crippen LogP contribution >= 0.6 is 0 Å². The van der Waals surface area contributed by atoms with Crippen molar-refractivity contribution in [2.24, 2.45) is 0 Å². The summed E-state index contributed by atoms with van der Waals surface area (Å²) in [6.45, 7) is 4.28. The Bertz CT molecular complexity index is 619. The lowest BCUT2D eigenvalue weighted by Crippen LogP contribution is -2.02. The molecule has 0 atom stereocenters. The first-order valence-electron chi connectivity index (χ1n) is 5.97. The highest BCUT2D eigenvalue weighted by molar-refractivity contribution is 5.67. The fourth-order valence-electron chi connectivity index (χ4n) is 1.63. The first-order chi connectivity index (χ1) is 9.24. The summed E-state index contributed by atoms with van der Waals surface area (Å²) >= 11 is 0. The number of anilines is 2. The first-order valence-corrected chi connectivity index (χ1v) is 5.97. The van der Waals surface area contributed by atoms with Crippen molar-refractivity contribution in [2.45, 2.75) is 13.8 Å². The fraction of sp³-hybridized carbons (Fsp3) is 0.214. The number of benzene rings is 1. The molecule has 96 valence electrons. The summed E-state index contributed by atoms with van der Waals surface area (Å²) in [5, 5.41) is 12.2. The summed E-state index contributed by atoms with van der Waals surface area (Å²) in [5.74, 6) is 1.82. The van der Waals surface area contributed by atoms with Gasteiger partial charge in [-0.15, -0.1) is 0 Å². The van der Waals surface area contributed by atoms with E-state index in [0.717, 1.165) is 11.4 Å². The fourth-order valence-corrected chi connectivity index (χ4v) is 1.63. The maximum Gasteiger partial charge on any atom is 0.152 e. The van der Waals surface area contributed by atoms with E-state index < -0.39 is 0 Å². The van der Waals surface area contributed by atoms with E-state index in [1.807, 2.05) is 31.2 Å². The molecule has 19 heavy (non-hydrogen) atoms. The maximum absolute atomic E-state index is 9.06. The van der Waals surface area contributed by atoms with Gasteiger partial charge in [0.1, 0.15) is 23.2 Å². The molecule has 0 aliphatic carbocycles. The average molecular weight is 254 g/mol. The van der Waals surface area contributed by atoms with Gasteiger partial charge in [0.15, 0.2) is 5.82 Å². The molecular formula is C14H14N4O. The standard InChI is InChI=1S/C14H14N4O/c1-3-19-13-7-5-4-6-12(13)18-14-11(8-15)9-16-10(2)17-14/h4-7,9H,3H2,1-2H3,(H,16,17,18). The van der Waals surface area contributed by atoms with Crippen molar-refractivity contribution in [3.05, 3.63) is 41.9 Å². The van der Waals surface area contributed by atoms with Crippen molar-refractivity contribution in [3.8, 4) is 11.8 Å². The van der Waals surface area contributed by atoms with Crippen LogP contribution in [0.3, 0.4) is 0 Å². The normalized spacial score (nSPS) is 9.74. The van der Waals surface area contributed by atoms with Crippen LogP contribution in [0.15, 0.2) is 30.5 Å². The van der Waals surface area contributed by atoms with Crippen molar-refractivity contribution >= 4 is 11.5 Å². The van der Waals surface area contributed by atoms with E-state index in [1.54, 1.807) is 6.92 Å². The van der Waals surface area contributed by atoms with E-state index in [1.165, 1.54) is 6.20 Å². The van der Waals surface area contributed by atoms with Gasteiger partial charge < -0.3 is 10.1 Å². The van der Waals surface area contributed by atoms with E-state index in [0.29, 0.717) is 23.8 Å². The number of ether oxygens (including phenoxy) is 1. The lowest BCUT2D eigenvalue weighted by Gasteiger charge is -2.12. The van der Waals surface area contributed by atoms with Crippen LogP contribution in [0.1, 0.15) is 18.3 Å². The quantitative estimate of drug-likeness (QED) is 0.908. The third-order valence-electron chi connectivity index (χ3n) is 2.47. The van der Waals surface area contributed by atoms with E-state index >= 15 is 0 Å². The third kappa shape index (κ3) is 2.99. The number of nitrogens with one attached hydrogen (secondary N) is 1. The van der Waals surface area contributed by atoms with Crippen LogP contribution in [-0.2, 0) is 0 Å². The molecular weight excluding hydrogens is 240 g/mol. The zero-order valence-electron chi connectivity index (χ0n) is 10.8. The van der Waals surface area contributed by atoms with Gasteiger partial charge in [-0.05, 0) is 26.0 Å². The maximum atomic E-state index is 9.06. The Balaban J connectivity index is 2.36. The number of nitrogens with zero attached hydrogens (tertiary/aromatic N) is 3. The van der Waals surface area contributed by atoms with E-state index in [-0.39, 0.29) is 0 Å². The number of nitriles is 1. The van der Waals surface area contributed by atoms with Gasteiger partial charge in [-0.3, -0.25) is 0 Å². The Morgan fingerprint density at radius 2 is 2.16 bits per heavy atom. The molecule has 0 amide bonds. The summed E-state index contributed by atoms with van der Waals surface area (Å²) in [4.78, 5) is 8.25. The largest absolute Gasteiger partial charge is 0.492 e. The molecule has 0 saturated heterocycles. The summed E-state index contributed by atoms with van der Waals surface area (Å²) in [6.07, 6.45) is 1.51. The second-order valence-corrected chi connectivity index (χ2v) is 3.85. The van der Waals surface area contributed by atoms with Crippen molar-refractivity contribution in [2.75, 3.05) is 11.9 Å². The van der Waals surface area contributed by atoms with Crippen molar-refractivity contribution < 1.29 is 4.74 Å². The monoisotopic (exact) mass is 254 g/mol. The molecule has 1 N–H and O–H groups in total.